The third kappa shape index (κ3) is 2.48. The van der Waals surface area contributed by atoms with E-state index in [0.29, 0.717) is 4.60 Å². The van der Waals surface area contributed by atoms with E-state index in [1.165, 1.54) is 17.7 Å². The highest BCUT2D eigenvalue weighted by Crippen LogP contribution is 2.12. The molecule has 5 nitrogen and oxygen atoms in total. The van der Waals surface area contributed by atoms with Gasteiger partial charge in [-0.15, -0.1) is 0 Å². The molecule has 0 fully saturated rings. The largest absolute Gasteiger partial charge is 0.436 e. The number of aromatic nitrogens is 1. The average Bonchev–Trinajstić information content (AvgIpc) is 2.09. The fourth-order valence-corrected chi connectivity index (χ4v) is 0.787. The van der Waals surface area contributed by atoms with Crippen LogP contribution in [0.5, 0.6) is 5.75 Å². The van der Waals surface area contributed by atoms with Crippen LogP contribution in [-0.4, -0.2) is 16.3 Å². The maximum absolute atomic E-state index is 10.4. The minimum atomic E-state index is -0.945. The van der Waals surface area contributed by atoms with E-state index in [9.17, 15) is 4.79 Å². The van der Waals surface area contributed by atoms with Crippen molar-refractivity contribution in [1.82, 2.24) is 10.5 Å². The molecule has 2 N–H and O–H groups in total. The van der Waals surface area contributed by atoms with Crippen molar-refractivity contribution in [2.45, 2.75) is 0 Å². The molecular weight excluding hydrogens is 228 g/mol. The number of rotatable bonds is 1. The molecule has 6 heteroatoms. The van der Waals surface area contributed by atoms with Crippen LogP contribution in [0.2, 0.25) is 0 Å². The molecule has 1 heterocycles. The highest BCUT2D eigenvalue weighted by Gasteiger charge is 2.01. The third-order valence-electron chi connectivity index (χ3n) is 1.00. The summed E-state index contributed by atoms with van der Waals surface area (Å²) < 4.78 is 5.17. The molecule has 0 spiro atoms. The van der Waals surface area contributed by atoms with Gasteiger partial charge >= 0.3 is 6.09 Å². The van der Waals surface area contributed by atoms with E-state index in [0.717, 1.165) is 0 Å². The van der Waals surface area contributed by atoms with E-state index in [4.69, 9.17) is 5.21 Å². The monoisotopic (exact) mass is 232 g/mol. The van der Waals surface area contributed by atoms with E-state index >= 15 is 0 Å². The minimum Gasteiger partial charge on any atom is -0.407 e. The van der Waals surface area contributed by atoms with Gasteiger partial charge in [0.2, 0.25) is 0 Å². The second-order valence-corrected chi connectivity index (χ2v) is 2.63. The number of pyridine rings is 1. The second kappa shape index (κ2) is 4.03. The summed E-state index contributed by atoms with van der Waals surface area (Å²) in [5, 5.41) is 8.10. The lowest BCUT2D eigenvalue weighted by atomic mass is 10.5. The summed E-state index contributed by atoms with van der Waals surface area (Å²) in [5.74, 6) is 0.254. The number of hydrogen-bond acceptors (Lipinski definition) is 4. The quantitative estimate of drug-likeness (QED) is 0.436. The molecule has 0 saturated carbocycles. The Kier molecular flexibility index (Phi) is 3.01. The first-order valence-corrected chi connectivity index (χ1v) is 3.75. The van der Waals surface area contributed by atoms with Crippen LogP contribution in [0.4, 0.5) is 4.79 Å². The van der Waals surface area contributed by atoms with Gasteiger partial charge in [0, 0.05) is 0 Å². The first-order valence-electron chi connectivity index (χ1n) is 2.96. The topological polar surface area (TPSA) is 71.5 Å². The Hall–Kier alpha value is -1.14. The SMILES string of the molecule is O=C(NO)Oc1ccc(Br)nc1. The number of nitrogens with one attached hydrogen (secondary N) is 1. The lowest BCUT2D eigenvalue weighted by Gasteiger charge is -2.00. The summed E-state index contributed by atoms with van der Waals surface area (Å²) in [7, 11) is 0. The van der Waals surface area contributed by atoms with Crippen molar-refractivity contribution < 1.29 is 14.7 Å². The third-order valence-corrected chi connectivity index (χ3v) is 1.47. The van der Waals surface area contributed by atoms with Crippen molar-refractivity contribution in [3.05, 3.63) is 22.9 Å². The van der Waals surface area contributed by atoms with Crippen LogP contribution in [0.25, 0.3) is 0 Å². The predicted octanol–water partition coefficient (Wildman–Crippen LogP) is 1.32. The zero-order valence-corrected chi connectivity index (χ0v) is 7.41. The van der Waals surface area contributed by atoms with Gasteiger partial charge in [0.05, 0.1) is 6.20 Å². The fraction of sp³-hybridized carbons (Fsp3) is 0. The van der Waals surface area contributed by atoms with Gasteiger partial charge in [-0.2, -0.15) is 0 Å². The molecule has 0 aliphatic rings. The molecule has 0 unspecified atom stereocenters. The molecule has 1 aromatic heterocycles. The Morgan fingerprint density at radius 2 is 2.42 bits per heavy atom. The number of carbonyl (C=O) groups excluding carboxylic acids is 1. The van der Waals surface area contributed by atoms with Crippen LogP contribution in [0.15, 0.2) is 22.9 Å². The van der Waals surface area contributed by atoms with Crippen molar-refractivity contribution >= 4 is 22.0 Å². The van der Waals surface area contributed by atoms with Crippen molar-refractivity contribution in [3.8, 4) is 5.75 Å². The van der Waals surface area contributed by atoms with E-state index in [1.807, 2.05) is 0 Å². The number of hydrogen-bond donors (Lipinski definition) is 2. The molecule has 1 amide bonds. The highest BCUT2D eigenvalue weighted by atomic mass is 79.9. The molecule has 0 aliphatic carbocycles. The number of hydroxylamine groups is 1. The summed E-state index contributed by atoms with van der Waals surface area (Å²) in [4.78, 5) is 14.2. The first-order chi connectivity index (χ1) is 5.72. The van der Waals surface area contributed by atoms with Gasteiger partial charge in [0.15, 0.2) is 5.75 Å². The average molecular weight is 233 g/mol. The van der Waals surface area contributed by atoms with Gasteiger partial charge in [-0.25, -0.2) is 15.3 Å². The summed E-state index contributed by atoms with van der Waals surface area (Å²) in [6.45, 7) is 0. The number of halogens is 1. The second-order valence-electron chi connectivity index (χ2n) is 1.82. The lowest BCUT2D eigenvalue weighted by Crippen LogP contribution is -2.22. The van der Waals surface area contributed by atoms with Crippen molar-refractivity contribution in [2.75, 3.05) is 0 Å². The minimum absolute atomic E-state index is 0.254. The van der Waals surface area contributed by atoms with Gasteiger partial charge in [0.25, 0.3) is 0 Å². The molecule has 0 atom stereocenters. The molecule has 0 aliphatic heterocycles. The summed E-state index contributed by atoms with van der Waals surface area (Å²) in [6.07, 6.45) is 0.401. The number of carbonyl (C=O) groups is 1. The van der Waals surface area contributed by atoms with Crippen molar-refractivity contribution in [2.24, 2.45) is 0 Å². The van der Waals surface area contributed by atoms with E-state index in [-0.39, 0.29) is 5.75 Å². The number of nitrogens with zero attached hydrogens (tertiary/aromatic N) is 1. The Balaban J connectivity index is 2.64. The smallest absolute Gasteiger partial charge is 0.407 e. The lowest BCUT2D eigenvalue weighted by molar-refractivity contribution is 0.127. The molecule has 0 aromatic carbocycles. The molecule has 64 valence electrons. The Labute approximate surface area is 76.5 Å². The summed E-state index contributed by atoms with van der Waals surface area (Å²) in [6, 6.07) is 3.15. The van der Waals surface area contributed by atoms with Crippen LogP contribution in [0.3, 0.4) is 0 Å². The molecule has 1 aromatic rings. The zero-order chi connectivity index (χ0) is 8.97. The van der Waals surface area contributed by atoms with Crippen LogP contribution in [-0.2, 0) is 0 Å². The molecule has 0 saturated heterocycles. The van der Waals surface area contributed by atoms with Crippen LogP contribution < -0.4 is 10.2 Å². The molecule has 1 rings (SSSR count). The normalized spacial score (nSPS) is 9.17. The first kappa shape index (κ1) is 8.95. The highest BCUT2D eigenvalue weighted by molar-refractivity contribution is 9.10. The Morgan fingerprint density at radius 3 is 2.92 bits per heavy atom. The van der Waals surface area contributed by atoms with Gasteiger partial charge in [-0.1, -0.05) is 0 Å². The molecular formula is C6H5BrN2O3. The molecule has 0 radical (unpaired) electrons. The van der Waals surface area contributed by atoms with E-state index in [2.05, 4.69) is 25.7 Å². The summed E-state index contributed by atoms with van der Waals surface area (Å²) in [5.41, 5.74) is 1.33. The Morgan fingerprint density at radius 1 is 1.67 bits per heavy atom. The fourth-order valence-electron chi connectivity index (χ4n) is 0.552. The van der Waals surface area contributed by atoms with Crippen molar-refractivity contribution in [3.63, 3.8) is 0 Å². The molecule has 12 heavy (non-hydrogen) atoms. The zero-order valence-electron chi connectivity index (χ0n) is 5.82. The van der Waals surface area contributed by atoms with Crippen LogP contribution in [0.1, 0.15) is 0 Å². The van der Waals surface area contributed by atoms with Gasteiger partial charge in [0.1, 0.15) is 4.60 Å². The van der Waals surface area contributed by atoms with Gasteiger partial charge in [-0.05, 0) is 28.1 Å². The number of amides is 1. The number of ether oxygens (including phenoxy) is 1. The summed E-state index contributed by atoms with van der Waals surface area (Å²) >= 11 is 3.11. The maximum atomic E-state index is 10.4. The van der Waals surface area contributed by atoms with Gasteiger partial charge in [-0.3, -0.25) is 5.21 Å². The van der Waals surface area contributed by atoms with Crippen LogP contribution in [0, 0.1) is 0 Å². The predicted molar refractivity (Wildman–Crippen MR) is 42.9 cm³/mol. The maximum Gasteiger partial charge on any atom is 0.436 e. The van der Waals surface area contributed by atoms with Crippen molar-refractivity contribution in [1.29, 1.82) is 0 Å². The van der Waals surface area contributed by atoms with E-state index < -0.39 is 6.09 Å². The molecule has 0 bridgehead atoms. The standard InChI is InChI=1S/C6H5BrN2O3/c7-5-2-1-4(3-8-5)12-6(10)9-11/h1-3,11H,(H,9,10). The van der Waals surface area contributed by atoms with E-state index in [1.54, 1.807) is 6.07 Å². The Bertz CT molecular complexity index is 275. The van der Waals surface area contributed by atoms with Gasteiger partial charge < -0.3 is 4.74 Å². The van der Waals surface area contributed by atoms with Crippen LogP contribution >= 0.6 is 15.9 Å².